The Hall–Kier alpha value is -1.39. The van der Waals surface area contributed by atoms with Gasteiger partial charge in [-0.1, -0.05) is 38.1 Å². The molecule has 2 rings (SSSR count). The summed E-state index contributed by atoms with van der Waals surface area (Å²) in [7, 11) is 0. The zero-order chi connectivity index (χ0) is 14.4. The van der Waals surface area contributed by atoms with Gasteiger partial charge in [-0.3, -0.25) is 9.69 Å². The fourth-order valence-corrected chi connectivity index (χ4v) is 2.56. The first-order valence-corrected chi connectivity index (χ1v) is 7.43. The summed E-state index contributed by atoms with van der Waals surface area (Å²) < 4.78 is 5.78. The summed E-state index contributed by atoms with van der Waals surface area (Å²) in [6, 6.07) is 8.32. The molecule has 1 aromatic carbocycles. The molecule has 0 fully saturated rings. The third-order valence-electron chi connectivity index (χ3n) is 3.84. The van der Waals surface area contributed by atoms with Gasteiger partial charge in [0, 0.05) is 6.54 Å². The molecule has 1 unspecified atom stereocenters. The minimum absolute atomic E-state index is 0.0133. The number of hydrogen-bond acceptors (Lipinski definition) is 3. The number of likely N-dealkylation sites (N-methyl/N-ethyl adjacent to an activating group) is 1. The lowest BCUT2D eigenvalue weighted by Gasteiger charge is -2.26. The number of rotatable bonds is 6. The summed E-state index contributed by atoms with van der Waals surface area (Å²) in [6.07, 6.45) is 0.945. The van der Waals surface area contributed by atoms with Gasteiger partial charge in [-0.05, 0) is 30.6 Å². The van der Waals surface area contributed by atoms with Gasteiger partial charge in [0.15, 0.2) is 0 Å². The molecule has 0 aromatic heterocycles. The van der Waals surface area contributed by atoms with E-state index < -0.39 is 0 Å². The van der Waals surface area contributed by atoms with Gasteiger partial charge in [-0.15, -0.1) is 0 Å². The summed E-state index contributed by atoms with van der Waals surface area (Å²) >= 11 is 0. The molecule has 4 nitrogen and oxygen atoms in total. The minimum Gasteiger partial charge on any atom is -0.371 e. The van der Waals surface area contributed by atoms with Crippen LogP contribution in [0.1, 0.15) is 31.1 Å². The van der Waals surface area contributed by atoms with Crippen molar-refractivity contribution >= 4 is 5.91 Å². The van der Waals surface area contributed by atoms with Crippen LogP contribution in [0.5, 0.6) is 0 Å². The van der Waals surface area contributed by atoms with Gasteiger partial charge in [0.05, 0.1) is 13.2 Å². The lowest BCUT2D eigenvalue weighted by atomic mass is 9.97. The van der Waals surface area contributed by atoms with Crippen molar-refractivity contribution in [1.82, 2.24) is 10.2 Å². The molecule has 1 N–H and O–H groups in total. The number of carbonyl (C=O) groups is 1. The average molecular weight is 276 g/mol. The van der Waals surface area contributed by atoms with Crippen molar-refractivity contribution in [3.05, 3.63) is 35.4 Å². The number of nitrogens with one attached hydrogen (secondary N) is 1. The fraction of sp³-hybridized carbons (Fsp3) is 0.562. The monoisotopic (exact) mass is 276 g/mol. The largest absolute Gasteiger partial charge is 0.371 e. The van der Waals surface area contributed by atoms with E-state index in [0.717, 1.165) is 26.1 Å². The molecule has 0 saturated heterocycles. The second-order valence-corrected chi connectivity index (χ2v) is 5.07. The highest BCUT2D eigenvalue weighted by Gasteiger charge is 2.21. The number of nitrogens with zero attached hydrogens (tertiary/aromatic N) is 1. The highest BCUT2D eigenvalue weighted by Crippen LogP contribution is 2.26. The molecule has 1 atom stereocenters. The lowest BCUT2D eigenvalue weighted by Crippen LogP contribution is -2.39. The van der Waals surface area contributed by atoms with Gasteiger partial charge in [0.2, 0.25) is 5.91 Å². The van der Waals surface area contributed by atoms with Gasteiger partial charge in [0.25, 0.3) is 0 Å². The van der Waals surface area contributed by atoms with E-state index in [4.69, 9.17) is 4.74 Å². The third-order valence-corrected chi connectivity index (χ3v) is 3.84. The molecule has 20 heavy (non-hydrogen) atoms. The summed E-state index contributed by atoms with van der Waals surface area (Å²) in [5, 5.41) is 2.99. The number of fused-ring (bicyclic) bond motifs is 1. The van der Waals surface area contributed by atoms with Crippen molar-refractivity contribution in [2.24, 2.45) is 0 Å². The molecule has 110 valence electrons. The summed E-state index contributed by atoms with van der Waals surface area (Å²) in [4.78, 5) is 14.0. The number of amides is 1. The second kappa shape index (κ2) is 7.41. The maximum Gasteiger partial charge on any atom is 0.234 e. The Balaban J connectivity index is 1.87. The zero-order valence-corrected chi connectivity index (χ0v) is 12.4. The Morgan fingerprint density at radius 2 is 2.10 bits per heavy atom. The highest BCUT2D eigenvalue weighted by molar-refractivity contribution is 5.78. The van der Waals surface area contributed by atoms with Crippen LogP contribution in [0.25, 0.3) is 0 Å². The van der Waals surface area contributed by atoms with Crippen molar-refractivity contribution in [1.29, 1.82) is 0 Å². The summed E-state index contributed by atoms with van der Waals surface area (Å²) in [5.74, 6) is 0.0698. The van der Waals surface area contributed by atoms with Gasteiger partial charge >= 0.3 is 0 Å². The van der Waals surface area contributed by atoms with E-state index in [1.807, 2.05) is 6.07 Å². The van der Waals surface area contributed by atoms with E-state index in [0.29, 0.717) is 13.1 Å². The van der Waals surface area contributed by atoms with E-state index in [1.165, 1.54) is 11.1 Å². The van der Waals surface area contributed by atoms with Crippen LogP contribution in [0.15, 0.2) is 24.3 Å². The first kappa shape index (κ1) is 15.0. The van der Waals surface area contributed by atoms with Crippen LogP contribution in [-0.2, 0) is 16.0 Å². The molecule has 1 aromatic rings. The van der Waals surface area contributed by atoms with Crippen LogP contribution in [-0.4, -0.2) is 43.6 Å². The lowest BCUT2D eigenvalue weighted by molar-refractivity contribution is -0.123. The molecule has 1 aliphatic heterocycles. The maximum atomic E-state index is 11.9. The van der Waals surface area contributed by atoms with Crippen LogP contribution in [0.4, 0.5) is 0 Å². The average Bonchev–Trinajstić information content (AvgIpc) is 2.50. The third kappa shape index (κ3) is 3.81. The van der Waals surface area contributed by atoms with Crippen LogP contribution in [0.3, 0.4) is 0 Å². The molecule has 4 heteroatoms. The van der Waals surface area contributed by atoms with Crippen LogP contribution in [0.2, 0.25) is 0 Å². The molecular formula is C16H24N2O2. The normalized spacial score (nSPS) is 17.9. The Bertz CT molecular complexity index is 444. The Morgan fingerprint density at radius 1 is 1.35 bits per heavy atom. The Kier molecular flexibility index (Phi) is 5.56. The molecule has 1 amide bonds. The van der Waals surface area contributed by atoms with E-state index in [-0.39, 0.29) is 12.0 Å². The zero-order valence-electron chi connectivity index (χ0n) is 12.4. The summed E-state index contributed by atoms with van der Waals surface area (Å²) in [6.45, 7) is 7.67. The minimum atomic E-state index is -0.0133. The van der Waals surface area contributed by atoms with Crippen LogP contribution >= 0.6 is 0 Å². The molecule has 0 radical (unpaired) electrons. The predicted molar refractivity (Wildman–Crippen MR) is 79.6 cm³/mol. The Labute approximate surface area is 121 Å². The number of ether oxygens (including phenoxy) is 1. The van der Waals surface area contributed by atoms with E-state index in [9.17, 15) is 4.79 Å². The molecule has 1 heterocycles. The van der Waals surface area contributed by atoms with Crippen LogP contribution in [0, 0.1) is 0 Å². The van der Waals surface area contributed by atoms with E-state index in [1.54, 1.807) is 0 Å². The topological polar surface area (TPSA) is 41.6 Å². The smallest absolute Gasteiger partial charge is 0.234 e. The van der Waals surface area contributed by atoms with Crippen molar-refractivity contribution in [2.45, 2.75) is 26.4 Å². The van der Waals surface area contributed by atoms with Gasteiger partial charge in [-0.2, -0.15) is 0 Å². The summed E-state index contributed by atoms with van der Waals surface area (Å²) in [5.41, 5.74) is 2.55. The van der Waals surface area contributed by atoms with E-state index >= 15 is 0 Å². The SMILES string of the molecule is CCN(CC)CC(=O)NCC1OCCc2ccccc21. The number of benzene rings is 1. The van der Waals surface area contributed by atoms with E-state index in [2.05, 4.69) is 42.3 Å². The number of hydrogen-bond donors (Lipinski definition) is 1. The molecule has 0 aliphatic carbocycles. The highest BCUT2D eigenvalue weighted by atomic mass is 16.5. The molecule has 0 bridgehead atoms. The maximum absolute atomic E-state index is 11.9. The standard InChI is InChI=1S/C16H24N2O2/c1-3-18(4-2)12-16(19)17-11-15-14-8-6-5-7-13(14)9-10-20-15/h5-8,15H,3-4,9-12H2,1-2H3,(H,17,19). The number of carbonyl (C=O) groups excluding carboxylic acids is 1. The first-order valence-electron chi connectivity index (χ1n) is 7.43. The van der Waals surface area contributed by atoms with Gasteiger partial charge in [-0.25, -0.2) is 0 Å². The van der Waals surface area contributed by atoms with Crippen molar-refractivity contribution in [3.63, 3.8) is 0 Å². The molecule has 1 aliphatic rings. The van der Waals surface area contributed by atoms with Crippen molar-refractivity contribution < 1.29 is 9.53 Å². The van der Waals surface area contributed by atoms with Crippen molar-refractivity contribution in [2.75, 3.05) is 32.8 Å². The fourth-order valence-electron chi connectivity index (χ4n) is 2.56. The second-order valence-electron chi connectivity index (χ2n) is 5.07. The Morgan fingerprint density at radius 3 is 2.85 bits per heavy atom. The van der Waals surface area contributed by atoms with Gasteiger partial charge in [0.1, 0.15) is 6.10 Å². The van der Waals surface area contributed by atoms with Crippen molar-refractivity contribution in [3.8, 4) is 0 Å². The van der Waals surface area contributed by atoms with Crippen LogP contribution < -0.4 is 5.32 Å². The van der Waals surface area contributed by atoms with Gasteiger partial charge < -0.3 is 10.1 Å². The molecule has 0 spiro atoms. The quantitative estimate of drug-likeness (QED) is 0.861. The molecular weight excluding hydrogens is 252 g/mol. The molecule has 0 saturated carbocycles. The first-order chi connectivity index (χ1) is 9.74. The predicted octanol–water partition coefficient (Wildman–Crippen LogP) is 1.76.